The zero-order valence-electron chi connectivity index (χ0n) is 10.7. The molecule has 0 aliphatic heterocycles. The highest BCUT2D eigenvalue weighted by molar-refractivity contribution is 5.93. The number of nitrogens with zero attached hydrogens (tertiary/aromatic N) is 3. The summed E-state index contributed by atoms with van der Waals surface area (Å²) in [5.74, 6) is 0. The van der Waals surface area contributed by atoms with E-state index in [9.17, 15) is 23.3 Å². The summed E-state index contributed by atoms with van der Waals surface area (Å²) in [6, 6.07) is 2.67. The monoisotopic (exact) mass is 304 g/mol. The van der Waals surface area contributed by atoms with Crippen molar-refractivity contribution in [1.29, 1.82) is 0 Å². The van der Waals surface area contributed by atoms with Gasteiger partial charge in [0.1, 0.15) is 0 Å². The minimum absolute atomic E-state index is 0.000270. The van der Waals surface area contributed by atoms with Crippen LogP contribution in [0.15, 0.2) is 16.8 Å². The lowest BCUT2D eigenvalue weighted by Gasteiger charge is -2.08. The number of hydrogen-bond acceptors (Lipinski definition) is 6. The van der Waals surface area contributed by atoms with Crippen LogP contribution < -0.4 is 5.32 Å². The molecule has 2 rings (SSSR count). The Balaban J connectivity index is 1.99. The molecule has 21 heavy (non-hydrogen) atoms. The van der Waals surface area contributed by atoms with Crippen molar-refractivity contribution in [3.63, 3.8) is 0 Å². The predicted octanol–water partition coefficient (Wildman–Crippen LogP) is 3.28. The Morgan fingerprint density at radius 3 is 2.62 bits per heavy atom. The first kappa shape index (κ1) is 15.0. The van der Waals surface area contributed by atoms with Crippen LogP contribution in [0.3, 0.4) is 0 Å². The maximum absolute atomic E-state index is 12.0. The second-order valence-electron chi connectivity index (χ2n) is 4.35. The molecule has 1 aromatic heterocycles. The molecule has 1 N–H and O–H groups in total. The van der Waals surface area contributed by atoms with Gasteiger partial charge in [-0.25, -0.2) is 4.63 Å². The summed E-state index contributed by atoms with van der Waals surface area (Å²) in [4.78, 5) is 10.2. The average molecular weight is 304 g/mol. The summed E-state index contributed by atoms with van der Waals surface area (Å²) in [6.07, 6.45) is -4.68. The van der Waals surface area contributed by atoms with Gasteiger partial charge in [-0.05, 0) is 29.2 Å². The molecule has 0 aliphatic carbocycles. The van der Waals surface area contributed by atoms with E-state index in [-0.39, 0.29) is 29.7 Å². The van der Waals surface area contributed by atoms with Gasteiger partial charge in [-0.1, -0.05) is 0 Å². The SMILES string of the molecule is O=[N+]([O-])c1ccc(NCCCCC(F)(F)F)c2nonc12. The maximum Gasteiger partial charge on any atom is 0.389 e. The molecule has 0 saturated carbocycles. The molecule has 0 unspecified atom stereocenters. The molecule has 10 heteroatoms. The Morgan fingerprint density at radius 1 is 1.24 bits per heavy atom. The first-order valence-electron chi connectivity index (χ1n) is 6.09. The minimum Gasteiger partial charge on any atom is -0.383 e. The normalized spacial score (nSPS) is 11.8. The number of non-ortho nitro benzene ring substituents is 1. The third-order valence-electron chi connectivity index (χ3n) is 2.79. The van der Waals surface area contributed by atoms with E-state index < -0.39 is 17.5 Å². The van der Waals surface area contributed by atoms with Gasteiger partial charge in [0.25, 0.3) is 0 Å². The first-order valence-corrected chi connectivity index (χ1v) is 6.09. The molecule has 0 atom stereocenters. The van der Waals surface area contributed by atoms with E-state index in [1.807, 2.05) is 0 Å². The third kappa shape index (κ3) is 3.80. The van der Waals surface area contributed by atoms with E-state index in [0.29, 0.717) is 12.1 Å². The van der Waals surface area contributed by atoms with Gasteiger partial charge < -0.3 is 5.32 Å². The molecule has 0 spiro atoms. The lowest BCUT2D eigenvalue weighted by atomic mass is 10.2. The summed E-state index contributed by atoms with van der Waals surface area (Å²) in [5.41, 5.74) is 0.373. The van der Waals surface area contributed by atoms with Crippen molar-refractivity contribution >= 4 is 22.4 Å². The van der Waals surface area contributed by atoms with E-state index in [2.05, 4.69) is 20.3 Å². The smallest absolute Gasteiger partial charge is 0.383 e. The van der Waals surface area contributed by atoms with Crippen LogP contribution in [-0.4, -0.2) is 28.0 Å². The molecular weight excluding hydrogens is 293 g/mol. The standard InChI is InChI=1S/C11H11F3N4O3/c12-11(13,14)5-1-2-6-15-7-3-4-8(18(19)20)10-9(7)16-21-17-10/h3-4,15H,1-2,5-6H2. The fraction of sp³-hybridized carbons (Fsp3) is 0.455. The number of hydrogen-bond donors (Lipinski definition) is 1. The molecule has 2 aromatic rings. The van der Waals surface area contributed by atoms with Gasteiger partial charge in [-0.3, -0.25) is 10.1 Å². The van der Waals surface area contributed by atoms with Crippen LogP contribution in [0.5, 0.6) is 0 Å². The molecule has 7 nitrogen and oxygen atoms in total. The number of rotatable bonds is 6. The number of nitro benzene ring substituents is 1. The number of alkyl halides is 3. The summed E-state index contributed by atoms with van der Waals surface area (Å²) in [5, 5.41) is 20.7. The Kier molecular flexibility index (Phi) is 4.24. The van der Waals surface area contributed by atoms with Crippen LogP contribution in [0.4, 0.5) is 24.5 Å². The number of nitrogens with one attached hydrogen (secondary N) is 1. The van der Waals surface area contributed by atoms with Gasteiger partial charge in [0.05, 0.1) is 10.6 Å². The number of unbranched alkanes of at least 4 members (excludes halogenated alkanes) is 1. The van der Waals surface area contributed by atoms with Crippen LogP contribution in [-0.2, 0) is 0 Å². The zero-order valence-corrected chi connectivity index (χ0v) is 10.7. The lowest BCUT2D eigenvalue weighted by molar-refractivity contribution is -0.383. The molecule has 1 aromatic carbocycles. The Hall–Kier alpha value is -2.39. The number of anilines is 1. The number of fused-ring (bicyclic) bond motifs is 1. The maximum atomic E-state index is 12.0. The zero-order chi connectivity index (χ0) is 15.5. The summed E-state index contributed by atoms with van der Waals surface area (Å²) < 4.78 is 40.4. The molecule has 0 fully saturated rings. The molecule has 0 bridgehead atoms. The molecular formula is C11H11F3N4O3. The van der Waals surface area contributed by atoms with Gasteiger partial charge >= 0.3 is 11.9 Å². The third-order valence-corrected chi connectivity index (χ3v) is 2.79. The van der Waals surface area contributed by atoms with Gasteiger partial charge in [-0.2, -0.15) is 13.2 Å². The highest BCUT2D eigenvalue weighted by Crippen LogP contribution is 2.28. The van der Waals surface area contributed by atoms with Gasteiger partial charge in [-0.15, -0.1) is 0 Å². The van der Waals surface area contributed by atoms with Crippen LogP contribution in [0.1, 0.15) is 19.3 Å². The number of nitro groups is 1. The molecule has 0 saturated heterocycles. The van der Waals surface area contributed by atoms with Crippen molar-refractivity contribution in [3.8, 4) is 0 Å². The average Bonchev–Trinajstić information content (AvgIpc) is 2.85. The van der Waals surface area contributed by atoms with Crippen molar-refractivity contribution in [1.82, 2.24) is 10.3 Å². The highest BCUT2D eigenvalue weighted by Gasteiger charge is 2.25. The molecule has 0 radical (unpaired) electrons. The van der Waals surface area contributed by atoms with Crippen molar-refractivity contribution < 1.29 is 22.7 Å². The fourth-order valence-electron chi connectivity index (χ4n) is 1.82. The van der Waals surface area contributed by atoms with Crippen molar-refractivity contribution in [2.75, 3.05) is 11.9 Å². The number of halogens is 3. The summed E-state index contributed by atoms with van der Waals surface area (Å²) in [7, 11) is 0. The van der Waals surface area contributed by atoms with Crippen molar-refractivity contribution in [2.45, 2.75) is 25.4 Å². The molecule has 1 heterocycles. The number of aromatic nitrogens is 2. The fourth-order valence-corrected chi connectivity index (χ4v) is 1.82. The van der Waals surface area contributed by atoms with E-state index in [1.165, 1.54) is 12.1 Å². The summed E-state index contributed by atoms with van der Waals surface area (Å²) >= 11 is 0. The topological polar surface area (TPSA) is 94.1 Å². The molecule has 0 aliphatic rings. The molecule has 0 amide bonds. The quantitative estimate of drug-likeness (QED) is 0.500. The number of benzene rings is 1. The Bertz CT molecular complexity index is 641. The largest absolute Gasteiger partial charge is 0.389 e. The highest BCUT2D eigenvalue weighted by atomic mass is 19.4. The Labute approximate surface area is 116 Å². The second-order valence-corrected chi connectivity index (χ2v) is 4.35. The van der Waals surface area contributed by atoms with E-state index >= 15 is 0 Å². The first-order chi connectivity index (χ1) is 9.88. The van der Waals surface area contributed by atoms with Gasteiger partial charge in [0, 0.05) is 19.0 Å². The predicted molar refractivity (Wildman–Crippen MR) is 66.9 cm³/mol. The van der Waals surface area contributed by atoms with E-state index in [0.717, 1.165) is 0 Å². The minimum atomic E-state index is -4.16. The molecule has 114 valence electrons. The van der Waals surface area contributed by atoms with Crippen LogP contribution in [0, 0.1) is 10.1 Å². The van der Waals surface area contributed by atoms with E-state index in [4.69, 9.17) is 0 Å². The van der Waals surface area contributed by atoms with Crippen LogP contribution >= 0.6 is 0 Å². The lowest BCUT2D eigenvalue weighted by Crippen LogP contribution is -2.09. The van der Waals surface area contributed by atoms with Crippen molar-refractivity contribution in [3.05, 3.63) is 22.2 Å². The van der Waals surface area contributed by atoms with Crippen LogP contribution in [0.25, 0.3) is 11.0 Å². The second kappa shape index (κ2) is 5.94. The van der Waals surface area contributed by atoms with Gasteiger partial charge in [0.2, 0.25) is 5.52 Å². The van der Waals surface area contributed by atoms with Gasteiger partial charge in [0.15, 0.2) is 5.52 Å². The van der Waals surface area contributed by atoms with E-state index in [1.54, 1.807) is 0 Å². The van der Waals surface area contributed by atoms with Crippen LogP contribution in [0.2, 0.25) is 0 Å². The summed E-state index contributed by atoms with van der Waals surface area (Å²) in [6.45, 7) is 0.288. The Morgan fingerprint density at radius 2 is 1.95 bits per heavy atom. The van der Waals surface area contributed by atoms with Crippen molar-refractivity contribution in [2.24, 2.45) is 0 Å².